The standard InChI is InChI=1S/C19H30BN2/c1-14-15(2)18(5-4-17(14)6-9-20-3)10-16-11-22(12-16)19(13-21)7-8-19/h4-5,16H,6-13,21H2,1-3H3. The van der Waals surface area contributed by atoms with E-state index in [1.807, 2.05) is 0 Å². The molecule has 0 unspecified atom stereocenters. The highest BCUT2D eigenvalue weighted by Gasteiger charge is 2.50. The molecule has 1 heterocycles. The van der Waals surface area contributed by atoms with E-state index in [4.69, 9.17) is 5.73 Å². The van der Waals surface area contributed by atoms with Crippen LogP contribution in [0.15, 0.2) is 12.1 Å². The van der Waals surface area contributed by atoms with Crippen LogP contribution in [0.2, 0.25) is 13.1 Å². The molecule has 22 heavy (non-hydrogen) atoms. The largest absolute Gasteiger partial charge is 0.329 e. The predicted octanol–water partition coefficient (Wildman–Crippen LogP) is 2.98. The molecule has 2 fully saturated rings. The summed E-state index contributed by atoms with van der Waals surface area (Å²) in [6, 6.07) is 4.74. The summed E-state index contributed by atoms with van der Waals surface area (Å²) in [5.41, 5.74) is 12.5. The van der Waals surface area contributed by atoms with Crippen molar-refractivity contribution in [2.75, 3.05) is 19.6 Å². The van der Waals surface area contributed by atoms with Crippen molar-refractivity contribution in [2.45, 2.75) is 58.2 Å². The fourth-order valence-corrected chi connectivity index (χ4v) is 3.92. The molecule has 1 aromatic rings. The van der Waals surface area contributed by atoms with Gasteiger partial charge in [0.1, 0.15) is 7.28 Å². The maximum atomic E-state index is 5.93. The van der Waals surface area contributed by atoms with E-state index in [1.165, 1.54) is 61.8 Å². The molecule has 1 aliphatic carbocycles. The quantitative estimate of drug-likeness (QED) is 0.784. The van der Waals surface area contributed by atoms with Crippen molar-refractivity contribution in [2.24, 2.45) is 11.7 Å². The second-order valence-corrected chi connectivity index (χ2v) is 7.48. The van der Waals surface area contributed by atoms with Crippen molar-refractivity contribution < 1.29 is 0 Å². The van der Waals surface area contributed by atoms with E-state index in [2.05, 4.69) is 45.0 Å². The summed E-state index contributed by atoms with van der Waals surface area (Å²) in [5.74, 6) is 0.831. The molecule has 0 spiro atoms. The number of benzene rings is 1. The third kappa shape index (κ3) is 2.98. The van der Waals surface area contributed by atoms with Crippen LogP contribution in [0.25, 0.3) is 0 Å². The Hall–Kier alpha value is -0.795. The van der Waals surface area contributed by atoms with Crippen LogP contribution in [0, 0.1) is 19.8 Å². The molecular weight excluding hydrogens is 267 g/mol. The molecule has 0 atom stereocenters. The summed E-state index contributed by atoms with van der Waals surface area (Å²) in [7, 11) is 2.26. The monoisotopic (exact) mass is 297 g/mol. The summed E-state index contributed by atoms with van der Waals surface area (Å²) in [4.78, 5) is 2.63. The van der Waals surface area contributed by atoms with Gasteiger partial charge in [0.05, 0.1) is 0 Å². The van der Waals surface area contributed by atoms with Crippen LogP contribution in [-0.4, -0.2) is 37.4 Å². The molecule has 1 radical (unpaired) electrons. The number of hydrogen-bond donors (Lipinski definition) is 1. The van der Waals surface area contributed by atoms with Gasteiger partial charge < -0.3 is 5.73 Å². The minimum Gasteiger partial charge on any atom is -0.329 e. The van der Waals surface area contributed by atoms with Gasteiger partial charge in [-0.15, -0.1) is 0 Å². The lowest BCUT2D eigenvalue weighted by Gasteiger charge is -2.45. The molecule has 1 saturated carbocycles. The van der Waals surface area contributed by atoms with Crippen molar-refractivity contribution in [3.63, 3.8) is 0 Å². The third-order valence-electron chi connectivity index (χ3n) is 6.06. The Labute approximate surface area is 136 Å². The third-order valence-corrected chi connectivity index (χ3v) is 6.06. The molecular formula is C19H30BN2. The van der Waals surface area contributed by atoms with Gasteiger partial charge in [-0.2, -0.15) is 0 Å². The maximum Gasteiger partial charge on any atom is 0.106 e. The van der Waals surface area contributed by atoms with E-state index in [-0.39, 0.29) is 0 Å². The van der Waals surface area contributed by atoms with E-state index >= 15 is 0 Å². The van der Waals surface area contributed by atoms with E-state index in [0.29, 0.717) is 5.54 Å². The lowest BCUT2D eigenvalue weighted by Crippen LogP contribution is -2.56. The van der Waals surface area contributed by atoms with Gasteiger partial charge in [0.25, 0.3) is 0 Å². The fraction of sp³-hybridized carbons (Fsp3) is 0.684. The minimum atomic E-state index is 0.405. The minimum absolute atomic E-state index is 0.405. The van der Waals surface area contributed by atoms with Gasteiger partial charge in [-0.1, -0.05) is 25.3 Å². The lowest BCUT2D eigenvalue weighted by molar-refractivity contribution is 0.0429. The number of nitrogens with zero attached hydrogens (tertiary/aromatic N) is 1. The summed E-state index contributed by atoms with van der Waals surface area (Å²) >= 11 is 0. The van der Waals surface area contributed by atoms with Crippen LogP contribution in [-0.2, 0) is 12.8 Å². The van der Waals surface area contributed by atoms with Crippen LogP contribution in [0.3, 0.4) is 0 Å². The number of rotatable bonds is 7. The zero-order chi connectivity index (χ0) is 15.7. The number of nitrogens with two attached hydrogens (primary N) is 1. The molecule has 1 aliphatic heterocycles. The summed E-state index contributed by atoms with van der Waals surface area (Å²) in [6.07, 6.45) is 6.23. The zero-order valence-electron chi connectivity index (χ0n) is 14.5. The van der Waals surface area contributed by atoms with Gasteiger partial charge in [-0.25, -0.2) is 0 Å². The van der Waals surface area contributed by atoms with Gasteiger partial charge in [-0.05, 0) is 67.7 Å². The number of likely N-dealkylation sites (tertiary alicyclic amines) is 1. The normalized spacial score (nSPS) is 20.7. The Bertz CT molecular complexity index is 530. The fourth-order valence-electron chi connectivity index (χ4n) is 3.92. The highest BCUT2D eigenvalue weighted by Crippen LogP contribution is 2.44. The SMILES string of the molecule is C[B]CCc1ccc(CC2CN(C3(CN)CC3)C2)c(C)c1C. The Morgan fingerprint density at radius 2 is 1.82 bits per heavy atom. The van der Waals surface area contributed by atoms with Crippen LogP contribution in [0.1, 0.15) is 35.1 Å². The Morgan fingerprint density at radius 3 is 2.41 bits per heavy atom. The molecule has 3 rings (SSSR count). The summed E-state index contributed by atoms with van der Waals surface area (Å²) in [5, 5.41) is 0. The number of aryl methyl sites for hydroxylation is 1. The summed E-state index contributed by atoms with van der Waals surface area (Å²) < 4.78 is 0. The Balaban J connectivity index is 1.58. The zero-order valence-corrected chi connectivity index (χ0v) is 14.5. The average molecular weight is 297 g/mol. The van der Waals surface area contributed by atoms with Crippen molar-refractivity contribution in [1.82, 2.24) is 4.90 Å². The molecule has 2 nitrogen and oxygen atoms in total. The van der Waals surface area contributed by atoms with Gasteiger partial charge in [-0.3, -0.25) is 4.90 Å². The lowest BCUT2D eigenvalue weighted by atomic mass is 9.75. The van der Waals surface area contributed by atoms with Crippen LogP contribution in [0.5, 0.6) is 0 Å². The highest BCUT2D eigenvalue weighted by atomic mass is 15.3. The smallest absolute Gasteiger partial charge is 0.106 e. The van der Waals surface area contributed by atoms with Crippen LogP contribution in [0.4, 0.5) is 0 Å². The summed E-state index contributed by atoms with van der Waals surface area (Å²) in [6.45, 7) is 10.1. The van der Waals surface area contributed by atoms with Gasteiger partial charge in [0.15, 0.2) is 0 Å². The molecule has 2 N–H and O–H groups in total. The average Bonchev–Trinajstić information content (AvgIpc) is 3.26. The first kappa shape index (κ1) is 16.1. The van der Waals surface area contributed by atoms with Crippen molar-refractivity contribution in [3.8, 4) is 0 Å². The predicted molar refractivity (Wildman–Crippen MR) is 95.8 cm³/mol. The van der Waals surface area contributed by atoms with E-state index in [9.17, 15) is 0 Å². The van der Waals surface area contributed by atoms with Crippen molar-refractivity contribution >= 4 is 7.28 Å². The second kappa shape index (κ2) is 6.37. The van der Waals surface area contributed by atoms with E-state index in [0.717, 1.165) is 12.5 Å². The molecule has 1 saturated heterocycles. The molecule has 0 bridgehead atoms. The van der Waals surface area contributed by atoms with Gasteiger partial charge >= 0.3 is 0 Å². The molecule has 2 aliphatic rings. The van der Waals surface area contributed by atoms with Crippen molar-refractivity contribution in [1.29, 1.82) is 0 Å². The van der Waals surface area contributed by atoms with Crippen LogP contribution >= 0.6 is 0 Å². The van der Waals surface area contributed by atoms with E-state index < -0.39 is 0 Å². The highest BCUT2D eigenvalue weighted by molar-refractivity contribution is 6.33. The topological polar surface area (TPSA) is 29.3 Å². The molecule has 0 aromatic heterocycles. The Kier molecular flexibility index (Phi) is 4.65. The molecule has 3 heteroatoms. The van der Waals surface area contributed by atoms with E-state index in [1.54, 1.807) is 5.56 Å². The first-order valence-corrected chi connectivity index (χ1v) is 8.90. The molecule has 0 amide bonds. The van der Waals surface area contributed by atoms with Crippen molar-refractivity contribution in [3.05, 3.63) is 34.4 Å². The van der Waals surface area contributed by atoms with Gasteiger partial charge in [0.2, 0.25) is 0 Å². The Morgan fingerprint density at radius 1 is 1.18 bits per heavy atom. The maximum absolute atomic E-state index is 5.93. The van der Waals surface area contributed by atoms with Gasteiger partial charge in [0, 0.05) is 25.2 Å². The second-order valence-electron chi connectivity index (χ2n) is 7.48. The van der Waals surface area contributed by atoms with Crippen LogP contribution < -0.4 is 5.73 Å². The first-order valence-electron chi connectivity index (χ1n) is 8.90. The number of hydrogen-bond acceptors (Lipinski definition) is 2. The first-order chi connectivity index (χ1) is 10.6. The molecule has 1 aromatic carbocycles. The molecule has 119 valence electrons.